The number of aryl methyl sites for hydroxylation is 1. The highest BCUT2D eigenvalue weighted by Gasteiger charge is 2.22. The monoisotopic (exact) mass is 1250 g/mol. The molecular formula is C67H94N22O3. The molecule has 9 heterocycles. The van der Waals surface area contributed by atoms with E-state index in [0.29, 0.717) is 5.56 Å². The number of tetrazole rings is 1. The zero-order valence-electron chi connectivity index (χ0n) is 58.5. The molecule has 0 unspecified atom stereocenters. The minimum atomic E-state index is -0.0910. The smallest absolute Gasteiger partial charge is 0.171 e. The van der Waals surface area contributed by atoms with Gasteiger partial charge in [0.2, 0.25) is 0 Å². The van der Waals surface area contributed by atoms with Crippen LogP contribution in [0.1, 0.15) is 157 Å². The molecule has 0 radical (unpaired) electrons. The maximum Gasteiger partial charge on any atom is 0.171 e. The van der Waals surface area contributed by atoms with Crippen LogP contribution in [-0.2, 0) is 38.8 Å². The highest BCUT2D eigenvalue weighted by atomic mass is 16.5. The third kappa shape index (κ3) is 19.2. The molecule has 490 valence electrons. The summed E-state index contributed by atoms with van der Waals surface area (Å²) in [6.07, 6.45) is 14.5. The molecule has 0 N–H and O–H groups in total. The highest BCUT2D eigenvalue weighted by molar-refractivity contribution is 5.79. The van der Waals surface area contributed by atoms with Crippen LogP contribution in [0.4, 0.5) is 0 Å². The first-order chi connectivity index (χ1) is 42.7. The average molecular weight is 1260 g/mol. The van der Waals surface area contributed by atoms with E-state index < -0.39 is 0 Å². The van der Waals surface area contributed by atoms with Gasteiger partial charge in [-0.3, -0.25) is 24.0 Å². The van der Waals surface area contributed by atoms with Crippen LogP contribution in [0.25, 0.3) is 54.9 Å². The number of ether oxygens (including phenoxy) is 3. The summed E-state index contributed by atoms with van der Waals surface area (Å²) in [7, 11) is 4.96. The van der Waals surface area contributed by atoms with Crippen LogP contribution in [-0.4, -0.2) is 126 Å². The molecule has 12 rings (SSSR count). The summed E-state index contributed by atoms with van der Waals surface area (Å²) in [6.45, 7) is 45.7. The Morgan fingerprint density at radius 1 is 0.380 bits per heavy atom. The summed E-state index contributed by atoms with van der Waals surface area (Å²) in [6, 6.07) is 23.3. The summed E-state index contributed by atoms with van der Waals surface area (Å²) in [4.78, 5) is 11.5. The van der Waals surface area contributed by atoms with Crippen molar-refractivity contribution in [2.75, 3.05) is 21.3 Å². The highest BCUT2D eigenvalue weighted by Crippen LogP contribution is 2.27. The largest absolute Gasteiger partial charge is 0.497 e. The number of pyridine rings is 2. The van der Waals surface area contributed by atoms with Gasteiger partial charge in [0, 0.05) is 53.8 Å². The quantitative estimate of drug-likeness (QED) is 0.159. The van der Waals surface area contributed by atoms with E-state index in [9.17, 15) is 0 Å². The molecule has 12 aromatic rings. The van der Waals surface area contributed by atoms with Crippen LogP contribution in [0.15, 0.2) is 116 Å². The fourth-order valence-electron chi connectivity index (χ4n) is 8.29. The van der Waals surface area contributed by atoms with Crippen molar-refractivity contribution < 1.29 is 14.2 Å². The summed E-state index contributed by atoms with van der Waals surface area (Å²) in [5, 5.41) is 60.7. The Morgan fingerprint density at radius 2 is 0.891 bits per heavy atom. The van der Waals surface area contributed by atoms with Crippen molar-refractivity contribution in [1.29, 1.82) is 5.26 Å². The minimum Gasteiger partial charge on any atom is -0.497 e. The molecule has 0 saturated carbocycles. The zero-order chi connectivity index (χ0) is 68.4. The fourth-order valence-corrected chi connectivity index (χ4v) is 8.29. The second-order valence-corrected chi connectivity index (χ2v) is 28.7. The number of hydrogen-bond acceptors (Lipinski definition) is 18. The van der Waals surface area contributed by atoms with Gasteiger partial charge in [-0.15, -0.1) is 20.4 Å². The Morgan fingerprint density at radius 3 is 1.38 bits per heavy atom. The van der Waals surface area contributed by atoms with Crippen LogP contribution >= 0.6 is 0 Å². The molecule has 25 nitrogen and oxygen atoms in total. The molecule has 0 fully saturated rings. The number of rotatable bonds is 3. The van der Waals surface area contributed by atoms with E-state index >= 15 is 0 Å². The lowest BCUT2D eigenvalue weighted by Crippen LogP contribution is -2.24. The number of hydrogen-bond donors (Lipinski definition) is 0. The molecule has 0 spiro atoms. The van der Waals surface area contributed by atoms with Crippen molar-refractivity contribution in [1.82, 2.24) is 104 Å². The summed E-state index contributed by atoms with van der Waals surface area (Å²) < 4.78 is 25.0. The van der Waals surface area contributed by atoms with Gasteiger partial charge in [0.05, 0.1) is 107 Å². The van der Waals surface area contributed by atoms with Crippen molar-refractivity contribution in [3.63, 3.8) is 0 Å². The number of nitriles is 1. The maximum absolute atomic E-state index is 8.51. The van der Waals surface area contributed by atoms with E-state index in [4.69, 9.17) is 19.5 Å². The standard InChI is InChI=1S/3C11H15N3O.2C10H13N3.C8H11N3.C6H12N4/c1-11(2,3)14-10-6-5-8(15-4)7-9(10)12-13-14;1-11(2,3)14-10-7-8(15-4)5-6-9(10)12-13-14;1-11(2,3)14-12-9-6-5-8(15-4)7-10(9)13-14;1-10(2,3)13-7-8-4-5-11-6-9(8)12-13;1-10(2,3)13-9-7-11-5-4-8(9)6-12-13;1-8(2,3)11-6-7(4-9)5-10-11;1-5-7-9-10(8-5)6(2,3)4/h3*5-7H,1-4H3;2*4-7H,1-3H3;5-6H,1-3H3;1-4H3. The van der Waals surface area contributed by atoms with Crippen LogP contribution < -0.4 is 14.2 Å². The molecule has 9 aromatic heterocycles. The molecule has 0 bridgehead atoms. The lowest BCUT2D eigenvalue weighted by atomic mass is 10.1. The number of nitrogens with zero attached hydrogens (tertiary/aromatic N) is 22. The van der Waals surface area contributed by atoms with Gasteiger partial charge < -0.3 is 14.2 Å². The first-order valence-corrected chi connectivity index (χ1v) is 30.3. The van der Waals surface area contributed by atoms with Crippen molar-refractivity contribution >= 4 is 54.9 Å². The second kappa shape index (κ2) is 28.6. The zero-order valence-corrected chi connectivity index (χ0v) is 58.5. The van der Waals surface area contributed by atoms with Gasteiger partial charge in [0.25, 0.3) is 0 Å². The lowest BCUT2D eigenvalue weighted by molar-refractivity contribution is 0.305. The molecule has 3 aromatic carbocycles. The number of methoxy groups -OCH3 is 3. The fraction of sp³-hybridized carbons (Fsp3) is 0.478. The third-order valence-corrected chi connectivity index (χ3v) is 13.3. The van der Waals surface area contributed by atoms with E-state index in [-0.39, 0.29) is 38.8 Å². The van der Waals surface area contributed by atoms with Gasteiger partial charge in [-0.25, -0.2) is 9.36 Å². The Kier molecular flexibility index (Phi) is 22.2. The second-order valence-electron chi connectivity index (χ2n) is 28.7. The van der Waals surface area contributed by atoms with E-state index in [2.05, 4.69) is 182 Å². The SMILES string of the molecule is CC(C)(C)n1cc(C#N)cn1.CC(C)(C)n1cc2ccncc2n1.CC(C)(C)n1ncc2ccncc21.COc1ccc2c(c1)nnn2C(C)(C)C.COc1ccc2nn(C(C)(C)C)nc2c1.COc1ccc2nnn(C(C)(C)C)c2c1.Cc1nnn(C(C)(C)C)n1. The Hall–Kier alpha value is -9.73. The maximum atomic E-state index is 8.51. The van der Waals surface area contributed by atoms with Crippen LogP contribution in [0, 0.1) is 18.3 Å². The van der Waals surface area contributed by atoms with Crippen molar-refractivity contribution in [2.45, 2.75) is 191 Å². The van der Waals surface area contributed by atoms with Gasteiger partial charge >= 0.3 is 0 Å². The number of fused-ring (bicyclic) bond motifs is 5. The predicted octanol–water partition coefficient (Wildman–Crippen LogP) is 13.2. The predicted molar refractivity (Wildman–Crippen MR) is 362 cm³/mol. The van der Waals surface area contributed by atoms with Crippen molar-refractivity contribution in [3.8, 4) is 23.3 Å². The summed E-state index contributed by atoms with van der Waals surface area (Å²) >= 11 is 0. The first kappa shape index (κ1) is 71.3. The van der Waals surface area contributed by atoms with Gasteiger partial charge in [0.1, 0.15) is 50.9 Å². The molecule has 0 aliphatic heterocycles. The van der Waals surface area contributed by atoms with Crippen LogP contribution in [0.5, 0.6) is 17.2 Å². The topological polar surface area (TPSA) is 266 Å². The molecule has 92 heavy (non-hydrogen) atoms. The molecule has 0 aliphatic rings. The van der Waals surface area contributed by atoms with Gasteiger partial charge in [-0.05, 0) is 206 Å². The Balaban J connectivity index is 0.000000171. The molecular weight excluding hydrogens is 1160 g/mol. The normalized spacial score (nSPS) is 12.0. The van der Waals surface area contributed by atoms with Gasteiger partial charge in [-0.1, -0.05) is 10.4 Å². The molecule has 0 amide bonds. The average Bonchev–Trinajstić information content (AvgIpc) is 1.67. The summed E-state index contributed by atoms with van der Waals surface area (Å²) in [5.74, 6) is 3.16. The van der Waals surface area contributed by atoms with Gasteiger partial charge in [-0.2, -0.15) is 40.3 Å². The van der Waals surface area contributed by atoms with Crippen LogP contribution in [0.2, 0.25) is 0 Å². The molecule has 0 saturated heterocycles. The minimum absolute atomic E-state index is 0.0186. The lowest BCUT2D eigenvalue weighted by Gasteiger charge is -2.20. The first-order valence-electron chi connectivity index (χ1n) is 30.3. The summed E-state index contributed by atoms with van der Waals surface area (Å²) in [5.41, 5.74) is 7.97. The van der Waals surface area contributed by atoms with Crippen LogP contribution in [0.3, 0.4) is 0 Å². The van der Waals surface area contributed by atoms with Gasteiger partial charge in [0.15, 0.2) is 5.82 Å². The Labute approximate surface area is 540 Å². The molecule has 0 aliphatic carbocycles. The van der Waals surface area contributed by atoms with Crippen molar-refractivity contribution in [3.05, 3.63) is 128 Å². The third-order valence-electron chi connectivity index (χ3n) is 13.3. The number of benzene rings is 3. The molecule has 0 atom stereocenters. The molecule has 25 heteroatoms. The van der Waals surface area contributed by atoms with E-state index in [1.165, 1.54) is 0 Å². The number of aromatic nitrogens is 21. The van der Waals surface area contributed by atoms with E-state index in [1.807, 2.05) is 152 Å². The Bertz CT molecular complexity index is 4290. The van der Waals surface area contributed by atoms with E-state index in [0.717, 1.165) is 78.0 Å². The van der Waals surface area contributed by atoms with Crippen molar-refractivity contribution in [2.24, 2.45) is 0 Å². The van der Waals surface area contributed by atoms with E-state index in [1.54, 1.807) is 66.6 Å².